The summed E-state index contributed by atoms with van der Waals surface area (Å²) in [6.45, 7) is 0.801. The largest absolute Gasteiger partial charge is 0.465 e. The number of aryl methyl sites for hydroxylation is 1. The van der Waals surface area contributed by atoms with Crippen LogP contribution in [0.3, 0.4) is 0 Å². The highest BCUT2D eigenvalue weighted by Crippen LogP contribution is 2.14. The molecule has 1 heterocycles. The van der Waals surface area contributed by atoms with E-state index < -0.39 is 5.97 Å². The molecule has 0 saturated carbocycles. The molecular weight excluding hydrogens is 366 g/mol. The smallest absolute Gasteiger partial charge is 0.337 e. The molecule has 0 spiro atoms. The Bertz CT molecular complexity index is 957. The van der Waals surface area contributed by atoms with Gasteiger partial charge in [-0.2, -0.15) is 0 Å². The summed E-state index contributed by atoms with van der Waals surface area (Å²) in [5.41, 5.74) is 3.47. The third-order valence-electron chi connectivity index (χ3n) is 4.37. The van der Waals surface area contributed by atoms with Gasteiger partial charge in [-0.05, 0) is 54.8 Å². The predicted molar refractivity (Wildman–Crippen MR) is 113 cm³/mol. The normalized spacial score (nSPS) is 10.2. The van der Waals surface area contributed by atoms with Gasteiger partial charge < -0.3 is 15.4 Å². The molecule has 2 aromatic carbocycles. The second kappa shape index (κ2) is 10.0. The van der Waals surface area contributed by atoms with Crippen molar-refractivity contribution in [3.63, 3.8) is 0 Å². The van der Waals surface area contributed by atoms with Gasteiger partial charge in [0.1, 0.15) is 5.69 Å². The lowest BCUT2D eigenvalue weighted by Gasteiger charge is -2.09. The number of methoxy groups -OCH3 is 1. The first-order valence-corrected chi connectivity index (χ1v) is 9.39. The Hall–Kier alpha value is -3.67. The van der Waals surface area contributed by atoms with Gasteiger partial charge in [-0.3, -0.25) is 9.78 Å². The molecule has 2 N–H and O–H groups in total. The van der Waals surface area contributed by atoms with Crippen molar-refractivity contribution in [2.24, 2.45) is 0 Å². The molecule has 0 aliphatic rings. The van der Waals surface area contributed by atoms with E-state index in [2.05, 4.69) is 32.5 Å². The Morgan fingerprint density at radius 3 is 2.45 bits per heavy atom. The molecule has 1 aromatic heterocycles. The molecule has 148 valence electrons. The Kier molecular flexibility index (Phi) is 6.95. The Labute approximate surface area is 169 Å². The number of aromatic nitrogens is 1. The Morgan fingerprint density at radius 2 is 1.72 bits per heavy atom. The van der Waals surface area contributed by atoms with Crippen molar-refractivity contribution in [1.29, 1.82) is 0 Å². The summed E-state index contributed by atoms with van der Waals surface area (Å²) in [4.78, 5) is 28.1. The van der Waals surface area contributed by atoms with Crippen LogP contribution in [0.2, 0.25) is 0 Å². The molecule has 6 nitrogen and oxygen atoms in total. The van der Waals surface area contributed by atoms with Crippen molar-refractivity contribution < 1.29 is 14.3 Å². The number of hydrogen-bond acceptors (Lipinski definition) is 5. The molecule has 0 atom stereocenters. The summed E-state index contributed by atoms with van der Waals surface area (Å²) in [5.74, 6) is -0.737. The first-order chi connectivity index (χ1) is 14.2. The molecular formula is C23H23N3O3. The third kappa shape index (κ3) is 5.90. The van der Waals surface area contributed by atoms with Crippen LogP contribution in [0.4, 0.5) is 11.4 Å². The average molecular weight is 389 g/mol. The van der Waals surface area contributed by atoms with Gasteiger partial charge in [0, 0.05) is 24.1 Å². The number of nitrogens with one attached hydrogen (secondary N) is 2. The van der Waals surface area contributed by atoms with Crippen LogP contribution in [0, 0.1) is 0 Å². The number of carbonyl (C=O) groups excluding carboxylic acids is 2. The minimum absolute atomic E-state index is 0.315. The monoisotopic (exact) mass is 389 g/mol. The number of amides is 1. The van der Waals surface area contributed by atoms with E-state index in [1.165, 1.54) is 12.7 Å². The zero-order valence-electron chi connectivity index (χ0n) is 16.2. The van der Waals surface area contributed by atoms with Crippen molar-refractivity contribution in [1.82, 2.24) is 4.98 Å². The fraction of sp³-hybridized carbons (Fsp3) is 0.174. The van der Waals surface area contributed by atoms with E-state index in [0.29, 0.717) is 16.9 Å². The number of esters is 1. The van der Waals surface area contributed by atoms with Crippen LogP contribution >= 0.6 is 0 Å². The number of rotatable bonds is 8. The molecule has 3 rings (SSSR count). The van der Waals surface area contributed by atoms with Crippen LogP contribution in [0.25, 0.3) is 0 Å². The standard InChI is InChI=1S/C23H23N3O3/c1-29-23(28)18-9-11-19(12-10-18)26-22(27)21-16-20(13-15-25-21)24-14-5-8-17-6-3-2-4-7-17/h2-4,6-7,9-13,15-16H,5,8,14H2,1H3,(H,24,25)(H,26,27). The molecule has 0 saturated heterocycles. The van der Waals surface area contributed by atoms with Gasteiger partial charge in [0.05, 0.1) is 12.7 Å². The van der Waals surface area contributed by atoms with Crippen molar-refractivity contribution in [2.45, 2.75) is 12.8 Å². The Morgan fingerprint density at radius 1 is 0.966 bits per heavy atom. The van der Waals surface area contributed by atoms with E-state index in [4.69, 9.17) is 0 Å². The fourth-order valence-electron chi connectivity index (χ4n) is 2.84. The second-order valence-electron chi connectivity index (χ2n) is 6.47. The molecule has 0 unspecified atom stereocenters. The van der Waals surface area contributed by atoms with Crippen molar-refractivity contribution in [3.8, 4) is 0 Å². The molecule has 29 heavy (non-hydrogen) atoms. The highest BCUT2D eigenvalue weighted by molar-refractivity contribution is 6.03. The number of pyridine rings is 1. The molecule has 0 aliphatic carbocycles. The highest BCUT2D eigenvalue weighted by Gasteiger charge is 2.10. The number of carbonyl (C=O) groups is 2. The SMILES string of the molecule is COC(=O)c1ccc(NC(=O)c2cc(NCCCc3ccccc3)ccn2)cc1. The van der Waals surface area contributed by atoms with Crippen LogP contribution in [-0.2, 0) is 11.2 Å². The van der Waals surface area contributed by atoms with E-state index in [1.807, 2.05) is 24.3 Å². The number of ether oxygens (including phenoxy) is 1. The van der Waals surface area contributed by atoms with E-state index in [0.717, 1.165) is 25.1 Å². The molecule has 0 radical (unpaired) electrons. The van der Waals surface area contributed by atoms with E-state index in [1.54, 1.807) is 36.5 Å². The molecule has 0 fully saturated rings. The van der Waals surface area contributed by atoms with Gasteiger partial charge in [-0.1, -0.05) is 30.3 Å². The van der Waals surface area contributed by atoms with Crippen molar-refractivity contribution in [2.75, 3.05) is 24.3 Å². The summed E-state index contributed by atoms with van der Waals surface area (Å²) in [6, 6.07) is 20.4. The van der Waals surface area contributed by atoms with Gasteiger partial charge in [0.25, 0.3) is 5.91 Å². The Balaban J connectivity index is 1.52. The number of nitrogens with zero attached hydrogens (tertiary/aromatic N) is 1. The minimum Gasteiger partial charge on any atom is -0.465 e. The number of hydrogen-bond donors (Lipinski definition) is 2. The predicted octanol–water partition coefficient (Wildman–Crippen LogP) is 4.17. The molecule has 0 bridgehead atoms. The lowest BCUT2D eigenvalue weighted by Crippen LogP contribution is -2.14. The molecule has 1 amide bonds. The summed E-state index contributed by atoms with van der Waals surface area (Å²) in [6.07, 6.45) is 3.59. The van der Waals surface area contributed by atoms with Crippen LogP contribution in [0.15, 0.2) is 72.9 Å². The van der Waals surface area contributed by atoms with Crippen LogP contribution in [0.5, 0.6) is 0 Å². The maximum Gasteiger partial charge on any atom is 0.337 e. The van der Waals surface area contributed by atoms with E-state index >= 15 is 0 Å². The third-order valence-corrected chi connectivity index (χ3v) is 4.37. The maximum atomic E-state index is 12.5. The van der Waals surface area contributed by atoms with Gasteiger partial charge >= 0.3 is 5.97 Å². The number of anilines is 2. The maximum absolute atomic E-state index is 12.5. The van der Waals surface area contributed by atoms with Crippen molar-refractivity contribution >= 4 is 23.3 Å². The summed E-state index contributed by atoms with van der Waals surface area (Å²) >= 11 is 0. The molecule has 0 aliphatic heterocycles. The summed E-state index contributed by atoms with van der Waals surface area (Å²) in [5, 5.41) is 6.11. The summed E-state index contributed by atoms with van der Waals surface area (Å²) in [7, 11) is 1.33. The van der Waals surface area contributed by atoms with Crippen LogP contribution < -0.4 is 10.6 Å². The fourth-order valence-corrected chi connectivity index (χ4v) is 2.84. The quantitative estimate of drug-likeness (QED) is 0.447. The first kappa shape index (κ1) is 20.1. The van der Waals surface area contributed by atoms with Crippen LogP contribution in [0.1, 0.15) is 32.8 Å². The zero-order valence-corrected chi connectivity index (χ0v) is 16.2. The van der Waals surface area contributed by atoms with Gasteiger partial charge in [-0.25, -0.2) is 4.79 Å². The van der Waals surface area contributed by atoms with Crippen molar-refractivity contribution in [3.05, 3.63) is 89.7 Å². The topological polar surface area (TPSA) is 80.3 Å². The average Bonchev–Trinajstić information content (AvgIpc) is 2.77. The highest BCUT2D eigenvalue weighted by atomic mass is 16.5. The van der Waals surface area contributed by atoms with Gasteiger partial charge in [0.2, 0.25) is 0 Å². The first-order valence-electron chi connectivity index (χ1n) is 9.39. The van der Waals surface area contributed by atoms with Gasteiger partial charge in [-0.15, -0.1) is 0 Å². The zero-order chi connectivity index (χ0) is 20.5. The lowest BCUT2D eigenvalue weighted by atomic mass is 10.1. The van der Waals surface area contributed by atoms with Gasteiger partial charge in [0.15, 0.2) is 0 Å². The molecule has 3 aromatic rings. The number of benzene rings is 2. The summed E-state index contributed by atoms with van der Waals surface area (Å²) < 4.78 is 4.66. The minimum atomic E-state index is -0.421. The molecule has 6 heteroatoms. The second-order valence-corrected chi connectivity index (χ2v) is 6.47. The van der Waals surface area contributed by atoms with Crippen LogP contribution in [-0.4, -0.2) is 30.5 Å². The van der Waals surface area contributed by atoms with E-state index in [-0.39, 0.29) is 5.91 Å². The lowest BCUT2D eigenvalue weighted by molar-refractivity contribution is 0.0600. The van der Waals surface area contributed by atoms with E-state index in [9.17, 15) is 9.59 Å².